The van der Waals surface area contributed by atoms with E-state index in [0.717, 1.165) is 24.0 Å². The Kier molecular flexibility index (Phi) is 4.35. The van der Waals surface area contributed by atoms with Gasteiger partial charge in [0.25, 0.3) is 5.91 Å². The molecule has 2 saturated heterocycles. The Morgan fingerprint density at radius 2 is 1.50 bits per heavy atom. The number of carbonyl (C=O) groups excluding carboxylic acids is 1. The minimum atomic E-state index is -3.35. The number of hydrogen-bond acceptors (Lipinski definition) is 3. The van der Waals surface area contributed by atoms with Crippen LogP contribution >= 0.6 is 0 Å². The number of rotatable bonds is 3. The zero-order valence-electron chi connectivity index (χ0n) is 14.8. The highest BCUT2D eigenvalue weighted by Crippen LogP contribution is 2.40. The van der Waals surface area contributed by atoms with Crippen LogP contribution in [0.1, 0.15) is 41.6 Å². The lowest BCUT2D eigenvalue weighted by Gasteiger charge is -2.39. The molecule has 26 heavy (non-hydrogen) atoms. The molecule has 0 aromatic heterocycles. The normalized spacial score (nSPS) is 25.3. The largest absolute Gasteiger partial charge is 0.333 e. The fraction of sp³-hybridized carbons (Fsp3) is 0.381. The molecule has 0 radical (unpaired) electrons. The standard InChI is InChI=1S/C21H23NO3S/c1-15-7-5-6-10-20(15)21(23)22-16-11-12-17(22)14-19(13-16)26(24,25)18-8-3-2-4-9-18/h2-10,16-17,19H,11-14H2,1H3. The van der Waals surface area contributed by atoms with Gasteiger partial charge in [0.15, 0.2) is 9.84 Å². The van der Waals surface area contributed by atoms with Gasteiger partial charge in [-0.15, -0.1) is 0 Å². The monoisotopic (exact) mass is 369 g/mol. The van der Waals surface area contributed by atoms with Crippen molar-refractivity contribution in [2.24, 2.45) is 0 Å². The molecular weight excluding hydrogens is 346 g/mol. The molecule has 2 bridgehead atoms. The van der Waals surface area contributed by atoms with Crippen molar-refractivity contribution in [3.05, 3.63) is 65.7 Å². The van der Waals surface area contributed by atoms with Crippen LogP contribution in [-0.2, 0) is 9.84 Å². The van der Waals surface area contributed by atoms with Crippen molar-refractivity contribution < 1.29 is 13.2 Å². The van der Waals surface area contributed by atoms with Crippen LogP contribution in [0.4, 0.5) is 0 Å². The highest BCUT2D eigenvalue weighted by molar-refractivity contribution is 7.92. The third kappa shape index (κ3) is 2.84. The Bertz CT molecular complexity index is 909. The summed E-state index contributed by atoms with van der Waals surface area (Å²) in [4.78, 5) is 15.4. The Balaban J connectivity index is 1.59. The van der Waals surface area contributed by atoms with E-state index in [2.05, 4.69) is 0 Å². The van der Waals surface area contributed by atoms with Gasteiger partial charge in [-0.25, -0.2) is 8.42 Å². The Hall–Kier alpha value is -2.14. The third-order valence-electron chi connectivity index (χ3n) is 5.81. The number of fused-ring (bicyclic) bond motifs is 2. The van der Waals surface area contributed by atoms with Gasteiger partial charge >= 0.3 is 0 Å². The number of benzene rings is 2. The smallest absolute Gasteiger partial charge is 0.254 e. The average molecular weight is 369 g/mol. The van der Waals surface area contributed by atoms with Crippen molar-refractivity contribution in [3.63, 3.8) is 0 Å². The lowest BCUT2D eigenvalue weighted by Crippen LogP contribution is -2.49. The molecule has 4 rings (SSSR count). The Morgan fingerprint density at radius 3 is 2.12 bits per heavy atom. The molecule has 136 valence electrons. The van der Waals surface area contributed by atoms with Crippen molar-refractivity contribution in [2.75, 3.05) is 0 Å². The minimum Gasteiger partial charge on any atom is -0.333 e. The number of nitrogens with zero attached hydrogens (tertiary/aromatic N) is 1. The molecule has 0 saturated carbocycles. The first-order chi connectivity index (χ1) is 12.5. The van der Waals surface area contributed by atoms with Crippen LogP contribution in [0.5, 0.6) is 0 Å². The van der Waals surface area contributed by atoms with Gasteiger partial charge in [-0.1, -0.05) is 36.4 Å². The summed E-state index contributed by atoms with van der Waals surface area (Å²) in [5.41, 5.74) is 1.70. The summed E-state index contributed by atoms with van der Waals surface area (Å²) in [6.07, 6.45) is 2.85. The zero-order valence-corrected chi connectivity index (χ0v) is 15.7. The van der Waals surface area contributed by atoms with Gasteiger partial charge in [0.05, 0.1) is 10.1 Å². The topological polar surface area (TPSA) is 54.5 Å². The van der Waals surface area contributed by atoms with Crippen LogP contribution in [0, 0.1) is 6.92 Å². The third-order valence-corrected chi connectivity index (χ3v) is 8.00. The summed E-state index contributed by atoms with van der Waals surface area (Å²) in [5.74, 6) is 0.0474. The van der Waals surface area contributed by atoms with E-state index in [1.165, 1.54) is 0 Å². The molecule has 2 unspecified atom stereocenters. The summed E-state index contributed by atoms with van der Waals surface area (Å²) >= 11 is 0. The molecule has 0 N–H and O–H groups in total. The maximum absolute atomic E-state index is 13.1. The average Bonchev–Trinajstić information content (AvgIpc) is 2.91. The molecule has 0 aliphatic carbocycles. The number of sulfone groups is 1. The number of piperidine rings is 1. The van der Waals surface area contributed by atoms with Gasteiger partial charge in [0.1, 0.15) is 0 Å². The van der Waals surface area contributed by atoms with Gasteiger partial charge in [0.2, 0.25) is 0 Å². The lowest BCUT2D eigenvalue weighted by molar-refractivity contribution is 0.0597. The fourth-order valence-corrected chi connectivity index (χ4v) is 6.34. The summed E-state index contributed by atoms with van der Waals surface area (Å²) in [6.45, 7) is 1.95. The molecular formula is C21H23NO3S. The van der Waals surface area contributed by atoms with E-state index in [9.17, 15) is 13.2 Å². The molecule has 5 heteroatoms. The van der Waals surface area contributed by atoms with E-state index in [4.69, 9.17) is 0 Å². The van der Waals surface area contributed by atoms with E-state index in [1.54, 1.807) is 24.3 Å². The van der Waals surface area contributed by atoms with Crippen molar-refractivity contribution in [3.8, 4) is 0 Å². The number of carbonyl (C=O) groups is 1. The van der Waals surface area contributed by atoms with E-state index in [1.807, 2.05) is 42.2 Å². The van der Waals surface area contributed by atoms with Gasteiger partial charge in [-0.2, -0.15) is 0 Å². The predicted octanol–water partition coefficient (Wildman–Crippen LogP) is 3.60. The minimum absolute atomic E-state index is 0.0179. The molecule has 0 spiro atoms. The van der Waals surface area contributed by atoms with Crippen LogP contribution in [0.2, 0.25) is 0 Å². The first-order valence-electron chi connectivity index (χ1n) is 9.15. The summed E-state index contributed by atoms with van der Waals surface area (Å²) in [5, 5.41) is -0.400. The first-order valence-corrected chi connectivity index (χ1v) is 10.7. The highest BCUT2D eigenvalue weighted by atomic mass is 32.2. The SMILES string of the molecule is Cc1ccccc1C(=O)N1C2CCC1CC(S(=O)(=O)c1ccccc1)C2. The molecule has 2 aromatic rings. The molecule has 2 aliphatic heterocycles. The second-order valence-corrected chi connectivity index (χ2v) is 9.59. The number of hydrogen-bond donors (Lipinski definition) is 0. The van der Waals surface area contributed by atoms with Crippen molar-refractivity contribution >= 4 is 15.7 Å². The van der Waals surface area contributed by atoms with Crippen LogP contribution in [-0.4, -0.2) is 36.6 Å². The number of aryl methyl sites for hydroxylation is 1. The van der Waals surface area contributed by atoms with Crippen molar-refractivity contribution in [1.82, 2.24) is 4.90 Å². The van der Waals surface area contributed by atoms with Crippen LogP contribution in [0.3, 0.4) is 0 Å². The molecule has 2 aliphatic rings. The molecule has 2 atom stereocenters. The second-order valence-electron chi connectivity index (χ2n) is 7.36. The van der Waals surface area contributed by atoms with E-state index in [0.29, 0.717) is 17.7 Å². The van der Waals surface area contributed by atoms with Crippen LogP contribution in [0.15, 0.2) is 59.5 Å². The van der Waals surface area contributed by atoms with Crippen LogP contribution < -0.4 is 0 Å². The van der Waals surface area contributed by atoms with Crippen LogP contribution in [0.25, 0.3) is 0 Å². The van der Waals surface area contributed by atoms with Gasteiger partial charge in [-0.3, -0.25) is 4.79 Å². The zero-order chi connectivity index (χ0) is 18.3. The van der Waals surface area contributed by atoms with Gasteiger partial charge in [-0.05, 0) is 56.4 Å². The highest BCUT2D eigenvalue weighted by Gasteiger charge is 2.47. The quantitative estimate of drug-likeness (QED) is 0.831. The Labute approximate surface area is 154 Å². The maximum Gasteiger partial charge on any atom is 0.254 e. The summed E-state index contributed by atoms with van der Waals surface area (Å²) < 4.78 is 26.0. The summed E-state index contributed by atoms with van der Waals surface area (Å²) in [7, 11) is -3.35. The van der Waals surface area contributed by atoms with Crippen molar-refractivity contribution in [1.29, 1.82) is 0 Å². The Morgan fingerprint density at radius 1 is 0.923 bits per heavy atom. The van der Waals surface area contributed by atoms with E-state index in [-0.39, 0.29) is 18.0 Å². The first kappa shape index (κ1) is 17.3. The van der Waals surface area contributed by atoms with Gasteiger partial charge in [0, 0.05) is 17.6 Å². The molecule has 4 nitrogen and oxygen atoms in total. The second kappa shape index (κ2) is 6.54. The van der Waals surface area contributed by atoms with E-state index < -0.39 is 15.1 Å². The molecule has 2 aromatic carbocycles. The predicted molar refractivity (Wildman–Crippen MR) is 101 cm³/mol. The van der Waals surface area contributed by atoms with Crippen molar-refractivity contribution in [2.45, 2.75) is 54.8 Å². The molecule has 2 heterocycles. The van der Waals surface area contributed by atoms with Gasteiger partial charge < -0.3 is 4.90 Å². The molecule has 1 amide bonds. The maximum atomic E-state index is 13.1. The summed E-state index contributed by atoms with van der Waals surface area (Å²) in [6, 6.07) is 16.3. The molecule has 2 fully saturated rings. The lowest BCUT2D eigenvalue weighted by atomic mass is 9.99. The van der Waals surface area contributed by atoms with E-state index >= 15 is 0 Å². The fourth-order valence-electron chi connectivity index (χ4n) is 4.47. The number of amides is 1.